The highest BCUT2D eigenvalue weighted by molar-refractivity contribution is 6.30. The van der Waals surface area contributed by atoms with Crippen molar-refractivity contribution in [1.82, 2.24) is 14.3 Å². The van der Waals surface area contributed by atoms with E-state index >= 15 is 0 Å². The molecule has 0 aliphatic carbocycles. The summed E-state index contributed by atoms with van der Waals surface area (Å²) in [6, 6.07) is 9.21. The zero-order valence-electron chi connectivity index (χ0n) is 12.2. The molecule has 0 aliphatic heterocycles. The molecule has 0 fully saturated rings. The molecule has 0 radical (unpaired) electrons. The summed E-state index contributed by atoms with van der Waals surface area (Å²) < 4.78 is 3.53. The number of fused-ring (bicyclic) bond motifs is 1. The van der Waals surface area contributed by atoms with Crippen molar-refractivity contribution < 1.29 is 0 Å². The van der Waals surface area contributed by atoms with Gasteiger partial charge in [0.2, 0.25) is 0 Å². The van der Waals surface area contributed by atoms with E-state index in [0.717, 1.165) is 27.9 Å². The van der Waals surface area contributed by atoms with Gasteiger partial charge in [0.15, 0.2) is 0 Å². The summed E-state index contributed by atoms with van der Waals surface area (Å²) in [5.41, 5.74) is 3.78. The first-order valence-corrected chi connectivity index (χ1v) is 7.13. The van der Waals surface area contributed by atoms with Crippen LogP contribution in [0.3, 0.4) is 0 Å². The predicted molar refractivity (Wildman–Crippen MR) is 85.0 cm³/mol. The Bertz CT molecular complexity index is 875. The van der Waals surface area contributed by atoms with Gasteiger partial charge in [-0.25, -0.2) is 0 Å². The van der Waals surface area contributed by atoms with Crippen LogP contribution in [0, 0.1) is 13.8 Å². The van der Waals surface area contributed by atoms with E-state index in [-0.39, 0.29) is 5.56 Å². The van der Waals surface area contributed by atoms with Gasteiger partial charge < -0.3 is 0 Å². The molecule has 0 bridgehead atoms. The summed E-state index contributed by atoms with van der Waals surface area (Å²) in [6.07, 6.45) is 0. The van der Waals surface area contributed by atoms with Gasteiger partial charge in [-0.1, -0.05) is 23.7 Å². The van der Waals surface area contributed by atoms with Crippen molar-refractivity contribution in [2.75, 3.05) is 0 Å². The maximum absolute atomic E-state index is 12.4. The fourth-order valence-corrected chi connectivity index (χ4v) is 2.91. The monoisotopic (exact) mass is 301 g/mol. The first-order valence-electron chi connectivity index (χ1n) is 6.75. The van der Waals surface area contributed by atoms with Gasteiger partial charge in [0.05, 0.1) is 12.2 Å². The molecule has 0 saturated carbocycles. The smallest absolute Gasteiger partial charge is 0.252 e. The van der Waals surface area contributed by atoms with Gasteiger partial charge in [0, 0.05) is 23.5 Å². The van der Waals surface area contributed by atoms with Crippen LogP contribution in [-0.2, 0) is 13.6 Å². The zero-order valence-corrected chi connectivity index (χ0v) is 13.0. The zero-order chi connectivity index (χ0) is 15.1. The average Bonchev–Trinajstić information content (AvgIpc) is 2.72. The highest BCUT2D eigenvalue weighted by Gasteiger charge is 2.14. The summed E-state index contributed by atoms with van der Waals surface area (Å²) in [4.78, 5) is 12.4. The van der Waals surface area contributed by atoms with Crippen molar-refractivity contribution in [1.29, 1.82) is 0 Å². The van der Waals surface area contributed by atoms with Crippen molar-refractivity contribution in [2.24, 2.45) is 7.05 Å². The number of rotatable bonds is 2. The van der Waals surface area contributed by atoms with Gasteiger partial charge in [-0.15, -0.1) is 0 Å². The maximum Gasteiger partial charge on any atom is 0.252 e. The lowest BCUT2D eigenvalue weighted by Crippen LogP contribution is -2.22. The molecule has 0 atom stereocenters. The maximum atomic E-state index is 12.4. The van der Waals surface area contributed by atoms with Crippen molar-refractivity contribution in [3.63, 3.8) is 0 Å². The van der Waals surface area contributed by atoms with Gasteiger partial charge in [0.1, 0.15) is 5.65 Å². The molecule has 2 aromatic heterocycles. The van der Waals surface area contributed by atoms with E-state index in [2.05, 4.69) is 5.10 Å². The molecule has 108 valence electrons. The van der Waals surface area contributed by atoms with Crippen molar-refractivity contribution in [3.8, 4) is 0 Å². The number of aromatic nitrogens is 3. The Morgan fingerprint density at radius 3 is 2.52 bits per heavy atom. The normalized spacial score (nSPS) is 11.2. The van der Waals surface area contributed by atoms with Crippen LogP contribution in [-0.4, -0.2) is 14.3 Å². The van der Waals surface area contributed by atoms with Gasteiger partial charge in [-0.05, 0) is 37.1 Å². The van der Waals surface area contributed by atoms with E-state index < -0.39 is 0 Å². The van der Waals surface area contributed by atoms with E-state index in [1.54, 1.807) is 15.3 Å². The number of aryl methyl sites for hydroxylation is 3. The molecule has 21 heavy (non-hydrogen) atoms. The molecule has 0 aliphatic rings. The van der Waals surface area contributed by atoms with Crippen LogP contribution in [0.4, 0.5) is 0 Å². The van der Waals surface area contributed by atoms with E-state index in [1.165, 1.54) is 0 Å². The van der Waals surface area contributed by atoms with Gasteiger partial charge in [0.25, 0.3) is 5.56 Å². The summed E-state index contributed by atoms with van der Waals surface area (Å²) in [6.45, 7) is 4.42. The highest BCUT2D eigenvalue weighted by Crippen LogP contribution is 2.20. The second-order valence-electron chi connectivity index (χ2n) is 5.29. The molecule has 0 amide bonds. The fourth-order valence-electron chi connectivity index (χ4n) is 2.78. The average molecular weight is 302 g/mol. The largest absolute Gasteiger partial charge is 0.288 e. The number of benzene rings is 1. The number of hydrogen-bond acceptors (Lipinski definition) is 2. The molecule has 3 rings (SSSR count). The molecule has 0 spiro atoms. The van der Waals surface area contributed by atoms with Crippen LogP contribution in [0.25, 0.3) is 11.0 Å². The SMILES string of the molecule is Cc1cc(=O)n(Cc2ccc(Cl)cc2)c2c1c(C)nn2C. The van der Waals surface area contributed by atoms with E-state index in [9.17, 15) is 4.79 Å². The number of halogens is 1. The van der Waals surface area contributed by atoms with Gasteiger partial charge >= 0.3 is 0 Å². The molecular formula is C16H16ClN3O. The minimum Gasteiger partial charge on any atom is -0.288 e. The Balaban J connectivity index is 2.22. The van der Waals surface area contributed by atoms with Crippen LogP contribution in [0.15, 0.2) is 35.1 Å². The number of pyridine rings is 1. The molecular weight excluding hydrogens is 286 g/mol. The Hall–Kier alpha value is -2.07. The molecule has 0 unspecified atom stereocenters. The Kier molecular flexibility index (Phi) is 3.33. The van der Waals surface area contributed by atoms with E-state index in [1.807, 2.05) is 45.2 Å². The molecule has 2 heterocycles. The topological polar surface area (TPSA) is 39.8 Å². The van der Waals surface area contributed by atoms with Crippen LogP contribution in [0.2, 0.25) is 5.02 Å². The fraction of sp³-hybridized carbons (Fsp3) is 0.250. The molecule has 0 N–H and O–H groups in total. The Labute approximate surface area is 127 Å². The molecule has 0 saturated heterocycles. The second-order valence-corrected chi connectivity index (χ2v) is 5.72. The lowest BCUT2D eigenvalue weighted by atomic mass is 10.1. The standard InChI is InChI=1S/C16H16ClN3O/c1-10-8-14(21)20(9-12-4-6-13(17)7-5-12)16-15(10)11(2)18-19(16)3/h4-8H,9H2,1-3H3. The number of hydrogen-bond donors (Lipinski definition) is 0. The third-order valence-corrected chi connectivity index (χ3v) is 3.95. The minimum absolute atomic E-state index is 0.0158. The quantitative estimate of drug-likeness (QED) is 0.730. The first-order chi connectivity index (χ1) is 9.97. The third kappa shape index (κ3) is 2.36. The summed E-state index contributed by atoms with van der Waals surface area (Å²) in [5.74, 6) is 0. The summed E-state index contributed by atoms with van der Waals surface area (Å²) in [7, 11) is 1.87. The Morgan fingerprint density at radius 1 is 1.19 bits per heavy atom. The minimum atomic E-state index is -0.0158. The van der Waals surface area contributed by atoms with Crippen molar-refractivity contribution >= 4 is 22.6 Å². The number of nitrogens with zero attached hydrogens (tertiary/aromatic N) is 3. The van der Waals surface area contributed by atoms with Gasteiger partial charge in [-0.2, -0.15) is 5.10 Å². The summed E-state index contributed by atoms with van der Waals surface area (Å²) in [5, 5.41) is 6.18. The Morgan fingerprint density at radius 2 is 1.86 bits per heavy atom. The lowest BCUT2D eigenvalue weighted by Gasteiger charge is -2.10. The first kappa shape index (κ1) is 13.9. The van der Waals surface area contributed by atoms with Crippen molar-refractivity contribution in [3.05, 3.63) is 62.5 Å². The molecule has 3 aromatic rings. The van der Waals surface area contributed by atoms with E-state index in [4.69, 9.17) is 11.6 Å². The van der Waals surface area contributed by atoms with Crippen LogP contribution < -0.4 is 5.56 Å². The highest BCUT2D eigenvalue weighted by atomic mass is 35.5. The predicted octanol–water partition coefficient (Wildman–Crippen LogP) is 3.05. The van der Waals surface area contributed by atoms with Crippen molar-refractivity contribution in [2.45, 2.75) is 20.4 Å². The molecule has 4 nitrogen and oxygen atoms in total. The summed E-state index contributed by atoms with van der Waals surface area (Å²) >= 11 is 5.91. The van der Waals surface area contributed by atoms with Crippen LogP contribution in [0.5, 0.6) is 0 Å². The van der Waals surface area contributed by atoms with Crippen LogP contribution >= 0.6 is 11.6 Å². The lowest BCUT2D eigenvalue weighted by molar-refractivity contribution is 0.709. The second kappa shape index (κ2) is 5.04. The third-order valence-electron chi connectivity index (χ3n) is 3.70. The molecule has 5 heteroatoms. The van der Waals surface area contributed by atoms with E-state index in [0.29, 0.717) is 11.6 Å². The molecule has 1 aromatic carbocycles. The van der Waals surface area contributed by atoms with Gasteiger partial charge in [-0.3, -0.25) is 14.0 Å². The van der Waals surface area contributed by atoms with Crippen LogP contribution in [0.1, 0.15) is 16.8 Å².